The topological polar surface area (TPSA) is 34.1 Å². The van der Waals surface area contributed by atoms with Gasteiger partial charge in [0.15, 0.2) is 0 Å². The lowest BCUT2D eigenvalue weighted by Crippen LogP contribution is -2.47. The number of carbonyl (C=O) groups is 2. The fourth-order valence-corrected chi connectivity index (χ4v) is 5.46. The molecule has 0 amide bonds. The zero-order valence-electron chi connectivity index (χ0n) is 13.9. The van der Waals surface area contributed by atoms with Gasteiger partial charge in [-0.15, -0.1) is 0 Å². The first-order chi connectivity index (χ1) is 9.78. The van der Waals surface area contributed by atoms with Crippen molar-refractivity contribution in [2.75, 3.05) is 0 Å². The number of hydrogen-bond acceptors (Lipinski definition) is 2. The van der Waals surface area contributed by atoms with Crippen molar-refractivity contribution >= 4 is 11.6 Å². The van der Waals surface area contributed by atoms with E-state index in [2.05, 4.69) is 33.8 Å². The summed E-state index contributed by atoms with van der Waals surface area (Å²) in [6.07, 6.45) is 7.76. The van der Waals surface area contributed by atoms with Crippen molar-refractivity contribution in [3.05, 3.63) is 11.6 Å². The maximum Gasteiger partial charge on any atom is 0.142 e. The molecule has 2 heteroatoms. The first-order valence-electron chi connectivity index (χ1n) is 8.55. The Morgan fingerprint density at radius 3 is 2.57 bits per heavy atom. The molecule has 0 aromatic heterocycles. The molecule has 4 atom stereocenters. The van der Waals surface area contributed by atoms with Crippen molar-refractivity contribution in [1.82, 2.24) is 0 Å². The predicted molar refractivity (Wildman–Crippen MR) is 83.8 cm³/mol. The second kappa shape index (κ2) is 4.79. The van der Waals surface area contributed by atoms with Crippen LogP contribution in [0.25, 0.3) is 0 Å². The first-order valence-corrected chi connectivity index (χ1v) is 8.55. The third-order valence-corrected chi connectivity index (χ3v) is 6.94. The lowest BCUT2D eigenvalue weighted by molar-refractivity contribution is -0.146. The smallest absolute Gasteiger partial charge is 0.142 e. The minimum atomic E-state index is -0.424. The predicted octanol–water partition coefficient (Wildman–Crippen LogP) is 4.33. The molecule has 2 nitrogen and oxygen atoms in total. The largest absolute Gasteiger partial charge is 0.299 e. The van der Waals surface area contributed by atoms with Crippen LogP contribution in [0, 0.1) is 28.6 Å². The third-order valence-electron chi connectivity index (χ3n) is 6.94. The van der Waals surface area contributed by atoms with Crippen molar-refractivity contribution in [3.8, 4) is 0 Å². The van der Waals surface area contributed by atoms with Gasteiger partial charge in [-0.2, -0.15) is 0 Å². The van der Waals surface area contributed by atoms with Gasteiger partial charge in [0.25, 0.3) is 0 Å². The molecule has 0 heterocycles. The fourth-order valence-electron chi connectivity index (χ4n) is 5.46. The molecule has 3 aliphatic carbocycles. The maximum absolute atomic E-state index is 13.3. The van der Waals surface area contributed by atoms with Gasteiger partial charge in [-0.05, 0) is 43.4 Å². The molecular weight excluding hydrogens is 260 g/mol. The molecule has 21 heavy (non-hydrogen) atoms. The summed E-state index contributed by atoms with van der Waals surface area (Å²) < 4.78 is 0. The molecule has 3 aliphatic rings. The standard InChI is InChI=1S/C19H28O2/c1-12-14-9-7-13(18(14,2)3)8-10-15-16(20)6-5-11-19(15,4)17(12)21/h8,12,14-15H,5-7,9-11H2,1-4H3/t12-,14+,15-,19+/m0/s1. The van der Waals surface area contributed by atoms with E-state index in [4.69, 9.17) is 0 Å². The highest BCUT2D eigenvalue weighted by molar-refractivity contribution is 5.95. The zero-order chi connectivity index (χ0) is 15.4. The first kappa shape index (κ1) is 15.0. The number of ketones is 2. The summed E-state index contributed by atoms with van der Waals surface area (Å²) in [5.74, 6) is 1.10. The SMILES string of the molecule is C[C@@H]1C(=O)[C@]2(C)CCCC(=O)[C@@H]2CC=C2CC[C@H]1C2(C)C. The van der Waals surface area contributed by atoms with Crippen molar-refractivity contribution in [3.63, 3.8) is 0 Å². The molecule has 116 valence electrons. The molecule has 0 unspecified atom stereocenters. The van der Waals surface area contributed by atoms with E-state index in [1.54, 1.807) is 0 Å². The van der Waals surface area contributed by atoms with E-state index in [9.17, 15) is 9.59 Å². The quantitative estimate of drug-likeness (QED) is 0.622. The van der Waals surface area contributed by atoms with Gasteiger partial charge in [0, 0.05) is 23.7 Å². The second-order valence-corrected chi connectivity index (χ2v) is 8.27. The van der Waals surface area contributed by atoms with E-state index in [-0.39, 0.29) is 17.3 Å². The molecule has 0 spiro atoms. The Hall–Kier alpha value is -0.920. The molecule has 0 aromatic carbocycles. The van der Waals surface area contributed by atoms with Gasteiger partial charge in [-0.25, -0.2) is 0 Å². The molecule has 3 rings (SSSR count). The Labute approximate surface area is 128 Å². The number of hydrogen-bond donors (Lipinski definition) is 0. The Bertz CT molecular complexity index is 514. The van der Waals surface area contributed by atoms with Crippen LogP contribution in [0.3, 0.4) is 0 Å². The molecule has 0 N–H and O–H groups in total. The molecule has 0 radical (unpaired) electrons. The molecule has 0 aliphatic heterocycles. The number of Topliss-reactive ketones (excluding diaryl/α,β-unsaturated/α-hetero) is 2. The Morgan fingerprint density at radius 2 is 1.86 bits per heavy atom. The van der Waals surface area contributed by atoms with Gasteiger partial charge in [0.1, 0.15) is 11.6 Å². The molecule has 0 aromatic rings. The summed E-state index contributed by atoms with van der Waals surface area (Å²) in [6.45, 7) is 8.77. The minimum Gasteiger partial charge on any atom is -0.299 e. The summed E-state index contributed by atoms with van der Waals surface area (Å²) in [5, 5.41) is 0. The van der Waals surface area contributed by atoms with Gasteiger partial charge in [0.2, 0.25) is 0 Å². The third kappa shape index (κ3) is 2.05. The van der Waals surface area contributed by atoms with Crippen LogP contribution in [0.5, 0.6) is 0 Å². The monoisotopic (exact) mass is 288 g/mol. The van der Waals surface area contributed by atoms with E-state index in [0.29, 0.717) is 23.9 Å². The van der Waals surface area contributed by atoms with Crippen molar-refractivity contribution in [1.29, 1.82) is 0 Å². The van der Waals surface area contributed by atoms with Crippen molar-refractivity contribution in [2.24, 2.45) is 28.6 Å². The molecule has 2 bridgehead atoms. The number of carbonyl (C=O) groups excluding carboxylic acids is 2. The van der Waals surface area contributed by atoms with Crippen LogP contribution in [-0.4, -0.2) is 11.6 Å². The Kier molecular flexibility index (Phi) is 3.42. The summed E-state index contributed by atoms with van der Waals surface area (Å²) in [7, 11) is 0. The van der Waals surface area contributed by atoms with Crippen molar-refractivity contribution < 1.29 is 9.59 Å². The molecule has 2 fully saturated rings. The second-order valence-electron chi connectivity index (χ2n) is 8.27. The van der Waals surface area contributed by atoms with Gasteiger partial charge in [-0.3, -0.25) is 9.59 Å². The fraction of sp³-hybridized carbons (Fsp3) is 0.789. The van der Waals surface area contributed by atoms with Crippen LogP contribution in [0.4, 0.5) is 0 Å². The summed E-state index contributed by atoms with van der Waals surface area (Å²) >= 11 is 0. The van der Waals surface area contributed by atoms with Crippen LogP contribution in [0.1, 0.15) is 66.2 Å². The van der Waals surface area contributed by atoms with Gasteiger partial charge >= 0.3 is 0 Å². The average Bonchev–Trinajstić information content (AvgIpc) is 2.71. The molecule has 2 saturated carbocycles. The lowest BCUT2D eigenvalue weighted by Gasteiger charge is -2.42. The van der Waals surface area contributed by atoms with Crippen LogP contribution in [-0.2, 0) is 9.59 Å². The molecular formula is C19H28O2. The Morgan fingerprint density at radius 1 is 1.14 bits per heavy atom. The van der Waals surface area contributed by atoms with Crippen LogP contribution < -0.4 is 0 Å². The minimum absolute atomic E-state index is 0.0717. The maximum atomic E-state index is 13.3. The highest BCUT2D eigenvalue weighted by Gasteiger charge is 2.53. The van der Waals surface area contributed by atoms with Gasteiger partial charge in [0.05, 0.1) is 0 Å². The van der Waals surface area contributed by atoms with Crippen molar-refractivity contribution in [2.45, 2.75) is 66.2 Å². The Balaban J connectivity index is 2.09. The molecule has 0 saturated heterocycles. The summed E-state index contributed by atoms with van der Waals surface area (Å²) in [4.78, 5) is 25.7. The normalized spacial score (nSPS) is 42.7. The highest BCUT2D eigenvalue weighted by atomic mass is 16.1. The van der Waals surface area contributed by atoms with E-state index in [1.165, 1.54) is 5.57 Å². The van der Waals surface area contributed by atoms with E-state index in [1.807, 2.05) is 0 Å². The van der Waals surface area contributed by atoms with Crippen LogP contribution >= 0.6 is 0 Å². The number of fused-ring (bicyclic) bond motifs is 3. The number of allylic oxidation sites excluding steroid dienone is 2. The van der Waals surface area contributed by atoms with E-state index in [0.717, 1.165) is 32.1 Å². The zero-order valence-corrected chi connectivity index (χ0v) is 13.9. The van der Waals surface area contributed by atoms with Crippen LogP contribution in [0.15, 0.2) is 11.6 Å². The summed E-state index contributed by atoms with van der Waals surface area (Å²) in [6, 6.07) is 0. The average molecular weight is 288 g/mol. The van der Waals surface area contributed by atoms with Gasteiger partial charge in [-0.1, -0.05) is 39.3 Å². The highest BCUT2D eigenvalue weighted by Crippen LogP contribution is 2.55. The van der Waals surface area contributed by atoms with E-state index >= 15 is 0 Å². The summed E-state index contributed by atoms with van der Waals surface area (Å²) in [5.41, 5.74) is 1.17. The lowest BCUT2D eigenvalue weighted by atomic mass is 9.59. The van der Waals surface area contributed by atoms with E-state index < -0.39 is 5.41 Å². The van der Waals surface area contributed by atoms with Crippen LogP contribution in [0.2, 0.25) is 0 Å². The van der Waals surface area contributed by atoms with Gasteiger partial charge < -0.3 is 0 Å². The number of rotatable bonds is 0.